The summed E-state index contributed by atoms with van der Waals surface area (Å²) in [7, 11) is 0. The van der Waals surface area contributed by atoms with Crippen LogP contribution in [-0.4, -0.2) is 20.0 Å². The van der Waals surface area contributed by atoms with E-state index >= 15 is 0 Å². The van der Waals surface area contributed by atoms with E-state index in [0.29, 0.717) is 0 Å². The number of nitro groups is 1. The number of phenolic OH excluding ortho intramolecular Hbond substituents is 1. The Kier molecular flexibility index (Phi) is 4.34. The molecule has 0 aliphatic heterocycles. The van der Waals surface area contributed by atoms with Crippen LogP contribution in [0.3, 0.4) is 0 Å². The molecule has 1 heterocycles. The lowest BCUT2D eigenvalue weighted by Gasteiger charge is -2.02. The number of rotatable bonds is 3. The monoisotopic (exact) mass is 343 g/mol. The zero-order chi connectivity index (χ0) is 16.4. The molecule has 0 fully saturated rings. The third kappa shape index (κ3) is 3.18. The SMILES string of the molecule is O=c1[nH]c(/C=C/c2cc(Cl)cc(Cl)c2O)c([N+](=O)[O-])c(=O)[nH]1. The van der Waals surface area contributed by atoms with Crippen molar-refractivity contribution in [3.63, 3.8) is 0 Å². The van der Waals surface area contributed by atoms with Gasteiger partial charge in [0.05, 0.1) is 9.95 Å². The molecule has 10 heteroatoms. The summed E-state index contributed by atoms with van der Waals surface area (Å²) in [5.74, 6) is -0.294. The van der Waals surface area contributed by atoms with Crippen molar-refractivity contribution in [1.82, 2.24) is 9.97 Å². The summed E-state index contributed by atoms with van der Waals surface area (Å²) in [5.41, 5.74) is -3.03. The Hall–Kier alpha value is -2.58. The van der Waals surface area contributed by atoms with Gasteiger partial charge in [-0.25, -0.2) is 4.79 Å². The summed E-state index contributed by atoms with van der Waals surface area (Å²) in [6.07, 6.45) is 2.32. The van der Waals surface area contributed by atoms with Gasteiger partial charge in [-0.3, -0.25) is 19.9 Å². The average Bonchev–Trinajstić information content (AvgIpc) is 2.39. The molecular formula is C12H7Cl2N3O5. The molecule has 1 aromatic heterocycles. The van der Waals surface area contributed by atoms with E-state index in [2.05, 4.69) is 4.98 Å². The lowest BCUT2D eigenvalue weighted by atomic mass is 10.1. The predicted molar refractivity (Wildman–Crippen MR) is 81.4 cm³/mol. The van der Waals surface area contributed by atoms with E-state index in [-0.39, 0.29) is 27.1 Å². The highest BCUT2D eigenvalue weighted by Gasteiger charge is 2.19. The minimum absolute atomic E-state index is 0.0129. The molecule has 0 aliphatic carbocycles. The van der Waals surface area contributed by atoms with Crippen LogP contribution in [0, 0.1) is 10.1 Å². The highest BCUT2D eigenvalue weighted by Crippen LogP contribution is 2.32. The van der Waals surface area contributed by atoms with Gasteiger partial charge >= 0.3 is 16.9 Å². The summed E-state index contributed by atoms with van der Waals surface area (Å²) in [6.45, 7) is 0. The first-order valence-corrected chi connectivity index (χ1v) is 6.42. The Labute approximate surface area is 131 Å². The standard InChI is InChI=1S/C12H7Cl2N3O5/c13-6-3-5(10(18)7(14)4-6)1-2-8-9(17(21)22)11(19)16-12(20)15-8/h1-4,18H,(H2,15,16,19,20)/b2-1+. The van der Waals surface area contributed by atoms with Crippen LogP contribution in [-0.2, 0) is 0 Å². The number of phenols is 1. The lowest BCUT2D eigenvalue weighted by molar-refractivity contribution is -0.386. The van der Waals surface area contributed by atoms with E-state index in [1.165, 1.54) is 18.2 Å². The fourth-order valence-corrected chi connectivity index (χ4v) is 2.19. The van der Waals surface area contributed by atoms with E-state index in [4.69, 9.17) is 23.2 Å². The maximum absolute atomic E-state index is 11.4. The number of nitrogens with one attached hydrogen (secondary N) is 2. The number of halogens is 2. The molecule has 0 aliphatic rings. The molecule has 8 nitrogen and oxygen atoms in total. The number of aromatic amines is 2. The molecule has 114 valence electrons. The Bertz CT molecular complexity index is 901. The van der Waals surface area contributed by atoms with Crippen molar-refractivity contribution in [2.75, 3.05) is 0 Å². The lowest BCUT2D eigenvalue weighted by Crippen LogP contribution is -2.25. The van der Waals surface area contributed by atoms with Crippen LogP contribution in [0.4, 0.5) is 5.69 Å². The molecule has 0 spiro atoms. The average molecular weight is 344 g/mol. The molecule has 0 saturated carbocycles. The van der Waals surface area contributed by atoms with Crippen LogP contribution in [0.2, 0.25) is 10.0 Å². The van der Waals surface area contributed by atoms with E-state index in [1.807, 2.05) is 0 Å². The van der Waals surface area contributed by atoms with Crippen LogP contribution in [0.25, 0.3) is 12.2 Å². The summed E-state index contributed by atoms with van der Waals surface area (Å²) in [6, 6.07) is 2.67. The molecule has 3 N–H and O–H groups in total. The molecule has 2 rings (SSSR count). The molecular weight excluding hydrogens is 337 g/mol. The van der Waals surface area contributed by atoms with Gasteiger partial charge in [0.2, 0.25) is 0 Å². The Morgan fingerprint density at radius 3 is 2.50 bits per heavy atom. The maximum atomic E-state index is 11.4. The zero-order valence-corrected chi connectivity index (χ0v) is 12.1. The smallest absolute Gasteiger partial charge is 0.357 e. The summed E-state index contributed by atoms with van der Waals surface area (Å²) in [4.78, 5) is 36.5. The second kappa shape index (κ2) is 6.04. The van der Waals surface area contributed by atoms with E-state index in [9.17, 15) is 24.8 Å². The fourth-order valence-electron chi connectivity index (χ4n) is 1.69. The van der Waals surface area contributed by atoms with Gasteiger partial charge in [0.1, 0.15) is 11.4 Å². The Morgan fingerprint density at radius 1 is 1.18 bits per heavy atom. The van der Waals surface area contributed by atoms with Gasteiger partial charge in [-0.1, -0.05) is 23.2 Å². The van der Waals surface area contributed by atoms with Crippen LogP contribution < -0.4 is 11.2 Å². The van der Waals surface area contributed by atoms with Crippen molar-refractivity contribution in [2.45, 2.75) is 0 Å². The van der Waals surface area contributed by atoms with Gasteiger partial charge < -0.3 is 10.1 Å². The van der Waals surface area contributed by atoms with Crippen molar-refractivity contribution in [3.05, 3.63) is 64.4 Å². The highest BCUT2D eigenvalue weighted by molar-refractivity contribution is 6.35. The number of hydrogen-bond donors (Lipinski definition) is 3. The summed E-state index contributed by atoms with van der Waals surface area (Å²) < 4.78 is 0. The van der Waals surface area contributed by atoms with Crippen molar-refractivity contribution in [3.8, 4) is 5.75 Å². The van der Waals surface area contributed by atoms with Gasteiger partial charge in [-0.2, -0.15) is 0 Å². The molecule has 0 amide bonds. The first-order valence-electron chi connectivity index (χ1n) is 5.66. The minimum atomic E-state index is -1.14. The van der Waals surface area contributed by atoms with Crippen LogP contribution in [0.5, 0.6) is 5.75 Å². The highest BCUT2D eigenvalue weighted by atomic mass is 35.5. The fraction of sp³-hybridized carbons (Fsp3) is 0. The normalized spacial score (nSPS) is 11.0. The first kappa shape index (κ1) is 15.8. The summed E-state index contributed by atoms with van der Waals surface area (Å²) >= 11 is 11.5. The van der Waals surface area contributed by atoms with Crippen molar-refractivity contribution < 1.29 is 10.0 Å². The van der Waals surface area contributed by atoms with Crippen LogP contribution in [0.15, 0.2) is 21.7 Å². The Morgan fingerprint density at radius 2 is 1.86 bits per heavy atom. The summed E-state index contributed by atoms with van der Waals surface area (Å²) in [5, 5.41) is 20.9. The third-order valence-corrected chi connectivity index (χ3v) is 3.12. The molecule has 2 aromatic rings. The largest absolute Gasteiger partial charge is 0.506 e. The van der Waals surface area contributed by atoms with Gasteiger partial charge in [0.15, 0.2) is 0 Å². The quantitative estimate of drug-likeness (QED) is 0.580. The number of aromatic hydroxyl groups is 1. The molecule has 0 radical (unpaired) electrons. The third-order valence-electron chi connectivity index (χ3n) is 2.62. The number of hydrogen-bond acceptors (Lipinski definition) is 5. The van der Waals surface area contributed by atoms with Crippen molar-refractivity contribution >= 4 is 41.0 Å². The van der Waals surface area contributed by atoms with E-state index < -0.39 is 21.9 Å². The number of benzene rings is 1. The molecule has 0 saturated heterocycles. The van der Waals surface area contributed by atoms with Gasteiger partial charge in [0.25, 0.3) is 0 Å². The van der Waals surface area contributed by atoms with Crippen molar-refractivity contribution in [1.29, 1.82) is 0 Å². The molecule has 1 aromatic carbocycles. The van der Waals surface area contributed by atoms with Crippen molar-refractivity contribution in [2.24, 2.45) is 0 Å². The van der Waals surface area contributed by atoms with Gasteiger partial charge in [0, 0.05) is 10.6 Å². The second-order valence-electron chi connectivity index (χ2n) is 4.09. The first-order chi connectivity index (χ1) is 10.3. The van der Waals surface area contributed by atoms with Crippen LogP contribution in [0.1, 0.15) is 11.3 Å². The Balaban J connectivity index is 2.59. The topological polar surface area (TPSA) is 129 Å². The zero-order valence-electron chi connectivity index (χ0n) is 10.6. The predicted octanol–water partition coefficient (Wildman–Crippen LogP) is 2.15. The molecule has 22 heavy (non-hydrogen) atoms. The molecule has 0 bridgehead atoms. The number of H-pyrrole nitrogens is 2. The number of nitrogens with zero attached hydrogens (tertiary/aromatic N) is 1. The van der Waals surface area contributed by atoms with E-state index in [1.54, 1.807) is 4.98 Å². The second-order valence-corrected chi connectivity index (χ2v) is 4.93. The number of aromatic nitrogens is 2. The van der Waals surface area contributed by atoms with E-state index in [0.717, 1.165) is 6.08 Å². The maximum Gasteiger partial charge on any atom is 0.357 e. The van der Waals surface area contributed by atoms with Gasteiger partial charge in [-0.05, 0) is 24.3 Å². The van der Waals surface area contributed by atoms with Gasteiger partial charge in [-0.15, -0.1) is 0 Å². The molecule has 0 atom stereocenters. The minimum Gasteiger partial charge on any atom is -0.506 e. The molecule has 0 unspecified atom stereocenters. The van der Waals surface area contributed by atoms with Crippen LogP contribution >= 0.6 is 23.2 Å².